The van der Waals surface area contributed by atoms with Crippen LogP contribution < -0.4 is 0 Å². The molecule has 0 aliphatic carbocycles. The molecule has 1 N–H and O–H groups in total. The number of sulfonamides is 1. The highest BCUT2D eigenvalue weighted by Gasteiger charge is 2.33. The fourth-order valence-corrected chi connectivity index (χ4v) is 5.59. The highest BCUT2D eigenvalue weighted by Crippen LogP contribution is 2.28. The summed E-state index contributed by atoms with van der Waals surface area (Å²) >= 11 is 0. The maximum absolute atomic E-state index is 13.2. The second-order valence-corrected chi connectivity index (χ2v) is 8.68. The third kappa shape index (κ3) is 3.61. The van der Waals surface area contributed by atoms with Gasteiger partial charge in [0.25, 0.3) is 5.91 Å². The Hall–Kier alpha value is -1.38. The number of aromatic amines is 1. The Balaban J connectivity index is 1.92. The molecule has 2 fully saturated rings. The van der Waals surface area contributed by atoms with Crippen molar-refractivity contribution in [3.8, 4) is 0 Å². The highest BCUT2D eigenvalue weighted by molar-refractivity contribution is 7.89. The number of amides is 1. The molecule has 0 spiro atoms. The third-order valence-electron chi connectivity index (χ3n) is 5.04. The van der Waals surface area contributed by atoms with Crippen LogP contribution in [0.4, 0.5) is 0 Å². The average molecular weight is 369 g/mol. The van der Waals surface area contributed by atoms with Gasteiger partial charge in [-0.2, -0.15) is 4.31 Å². The Bertz CT molecular complexity index is 727. The number of rotatable bonds is 3. The summed E-state index contributed by atoms with van der Waals surface area (Å²) in [5, 5.41) is 0. The Labute approximate surface area is 149 Å². The van der Waals surface area contributed by atoms with Crippen LogP contribution in [0.2, 0.25) is 0 Å². The molecule has 0 bridgehead atoms. The number of aromatic nitrogens is 1. The predicted octanol–water partition coefficient (Wildman–Crippen LogP) is 1.67. The van der Waals surface area contributed by atoms with Gasteiger partial charge in [-0.05, 0) is 32.3 Å². The van der Waals surface area contributed by atoms with Gasteiger partial charge >= 0.3 is 0 Å². The molecule has 3 rings (SSSR count). The summed E-state index contributed by atoms with van der Waals surface area (Å²) in [6.45, 7) is 6.66. The van der Waals surface area contributed by atoms with E-state index in [0.717, 1.165) is 25.7 Å². The molecule has 0 radical (unpaired) electrons. The first-order valence-corrected chi connectivity index (χ1v) is 10.4. The number of aryl methyl sites for hydroxylation is 1. The standard InChI is InChI=1S/C17H27N3O4S/c1-13-15(17(21)19-9-11-24-12-10-19)18-14(2)16(13)25(22,23)20-7-5-3-4-6-8-20/h18H,3-12H2,1-2H3. The van der Waals surface area contributed by atoms with E-state index in [9.17, 15) is 13.2 Å². The van der Waals surface area contributed by atoms with E-state index in [4.69, 9.17) is 4.74 Å². The van der Waals surface area contributed by atoms with Gasteiger partial charge in [0.1, 0.15) is 10.6 Å². The molecular weight excluding hydrogens is 342 g/mol. The summed E-state index contributed by atoms with van der Waals surface area (Å²) < 4.78 is 33.2. The molecule has 2 saturated heterocycles. The van der Waals surface area contributed by atoms with E-state index in [1.54, 1.807) is 23.1 Å². The fourth-order valence-electron chi connectivity index (χ4n) is 3.67. The lowest BCUT2D eigenvalue weighted by molar-refractivity contribution is 0.0299. The summed E-state index contributed by atoms with van der Waals surface area (Å²) in [4.78, 5) is 17.8. The lowest BCUT2D eigenvalue weighted by atomic mass is 10.2. The van der Waals surface area contributed by atoms with Crippen molar-refractivity contribution in [1.29, 1.82) is 0 Å². The zero-order valence-corrected chi connectivity index (χ0v) is 15.8. The number of hydrogen-bond donors (Lipinski definition) is 1. The van der Waals surface area contributed by atoms with Gasteiger partial charge in [0, 0.05) is 31.9 Å². The smallest absolute Gasteiger partial charge is 0.270 e. The van der Waals surface area contributed by atoms with Crippen molar-refractivity contribution in [1.82, 2.24) is 14.2 Å². The van der Waals surface area contributed by atoms with Gasteiger partial charge in [0.15, 0.2) is 0 Å². The first kappa shape index (κ1) is 18.4. The molecule has 1 amide bonds. The van der Waals surface area contributed by atoms with Crippen molar-refractivity contribution in [2.45, 2.75) is 44.4 Å². The van der Waals surface area contributed by atoms with E-state index in [-0.39, 0.29) is 10.8 Å². The van der Waals surface area contributed by atoms with E-state index in [1.807, 2.05) is 0 Å². The minimum absolute atomic E-state index is 0.152. The van der Waals surface area contributed by atoms with Gasteiger partial charge in [-0.1, -0.05) is 12.8 Å². The molecule has 8 heteroatoms. The maximum atomic E-state index is 13.2. The number of nitrogens with one attached hydrogen (secondary N) is 1. The zero-order chi connectivity index (χ0) is 18.0. The summed E-state index contributed by atoms with van der Waals surface area (Å²) in [5.74, 6) is -0.152. The number of hydrogen-bond acceptors (Lipinski definition) is 4. The van der Waals surface area contributed by atoms with E-state index in [0.29, 0.717) is 56.3 Å². The van der Waals surface area contributed by atoms with Crippen LogP contribution in [0.25, 0.3) is 0 Å². The van der Waals surface area contributed by atoms with Gasteiger partial charge in [0.05, 0.1) is 13.2 Å². The Morgan fingerprint density at radius 2 is 1.60 bits per heavy atom. The van der Waals surface area contributed by atoms with Gasteiger partial charge in [-0.15, -0.1) is 0 Å². The van der Waals surface area contributed by atoms with Crippen LogP contribution in [0.1, 0.15) is 47.4 Å². The predicted molar refractivity (Wildman–Crippen MR) is 94.2 cm³/mol. The van der Waals surface area contributed by atoms with Gasteiger partial charge in [-0.25, -0.2) is 8.42 Å². The second kappa shape index (κ2) is 7.47. The minimum Gasteiger partial charge on any atom is -0.378 e. The SMILES string of the molecule is Cc1[nH]c(C(=O)N2CCOCC2)c(C)c1S(=O)(=O)N1CCCCCC1. The van der Waals surface area contributed by atoms with E-state index in [1.165, 1.54) is 0 Å². The Morgan fingerprint density at radius 1 is 1.00 bits per heavy atom. The monoisotopic (exact) mass is 369 g/mol. The molecule has 0 aromatic carbocycles. The lowest BCUT2D eigenvalue weighted by Crippen LogP contribution is -2.41. The lowest BCUT2D eigenvalue weighted by Gasteiger charge is -2.26. The summed E-state index contributed by atoms with van der Waals surface area (Å²) in [6, 6.07) is 0. The first-order valence-electron chi connectivity index (χ1n) is 8.99. The van der Waals surface area contributed by atoms with Crippen LogP contribution in [0.5, 0.6) is 0 Å². The van der Waals surface area contributed by atoms with Gasteiger partial charge in [0.2, 0.25) is 10.0 Å². The maximum Gasteiger partial charge on any atom is 0.270 e. The second-order valence-electron chi connectivity index (χ2n) is 6.80. The number of nitrogens with zero attached hydrogens (tertiary/aromatic N) is 2. The number of morpholine rings is 1. The average Bonchev–Trinajstić information content (AvgIpc) is 2.80. The topological polar surface area (TPSA) is 82.7 Å². The summed E-state index contributed by atoms with van der Waals surface area (Å²) in [7, 11) is -3.58. The third-order valence-corrected chi connectivity index (χ3v) is 7.22. The quantitative estimate of drug-likeness (QED) is 0.879. The molecule has 7 nitrogen and oxygen atoms in total. The zero-order valence-electron chi connectivity index (χ0n) is 15.0. The molecule has 0 unspecified atom stereocenters. The molecule has 3 heterocycles. The van der Waals surface area contributed by atoms with E-state index >= 15 is 0 Å². The number of ether oxygens (including phenoxy) is 1. The molecule has 2 aliphatic rings. The van der Waals surface area contributed by atoms with Crippen LogP contribution in [0.15, 0.2) is 4.90 Å². The molecule has 0 atom stereocenters. The van der Waals surface area contributed by atoms with Crippen molar-refractivity contribution in [2.24, 2.45) is 0 Å². The van der Waals surface area contributed by atoms with Crippen molar-refractivity contribution in [3.05, 3.63) is 17.0 Å². The molecule has 2 aliphatic heterocycles. The van der Waals surface area contributed by atoms with Crippen LogP contribution in [0.3, 0.4) is 0 Å². The van der Waals surface area contributed by atoms with Crippen molar-refractivity contribution in [2.75, 3.05) is 39.4 Å². The Kier molecular flexibility index (Phi) is 5.50. The first-order chi connectivity index (χ1) is 11.9. The van der Waals surface area contributed by atoms with Gasteiger partial charge < -0.3 is 14.6 Å². The van der Waals surface area contributed by atoms with Crippen LogP contribution in [0, 0.1) is 13.8 Å². The van der Waals surface area contributed by atoms with E-state index in [2.05, 4.69) is 4.98 Å². The molecule has 0 saturated carbocycles. The van der Waals surface area contributed by atoms with Crippen molar-refractivity contribution >= 4 is 15.9 Å². The largest absolute Gasteiger partial charge is 0.378 e. The van der Waals surface area contributed by atoms with Gasteiger partial charge in [-0.3, -0.25) is 4.79 Å². The molecular formula is C17H27N3O4S. The number of carbonyl (C=O) groups is 1. The van der Waals surface area contributed by atoms with Crippen LogP contribution >= 0.6 is 0 Å². The van der Waals surface area contributed by atoms with Crippen molar-refractivity contribution in [3.63, 3.8) is 0 Å². The summed E-state index contributed by atoms with van der Waals surface area (Å²) in [5.41, 5.74) is 1.45. The van der Waals surface area contributed by atoms with Crippen LogP contribution in [-0.2, 0) is 14.8 Å². The minimum atomic E-state index is -3.58. The Morgan fingerprint density at radius 3 is 2.20 bits per heavy atom. The van der Waals surface area contributed by atoms with E-state index < -0.39 is 10.0 Å². The fraction of sp³-hybridized carbons (Fsp3) is 0.706. The normalized spacial score (nSPS) is 20.5. The van der Waals surface area contributed by atoms with Crippen molar-refractivity contribution < 1.29 is 17.9 Å². The highest BCUT2D eigenvalue weighted by atomic mass is 32.2. The number of carbonyl (C=O) groups excluding carboxylic acids is 1. The molecule has 25 heavy (non-hydrogen) atoms. The molecule has 1 aromatic heterocycles. The number of H-pyrrole nitrogens is 1. The summed E-state index contributed by atoms with van der Waals surface area (Å²) in [6.07, 6.45) is 3.92. The van der Waals surface area contributed by atoms with Crippen LogP contribution in [-0.4, -0.2) is 67.9 Å². The molecule has 1 aromatic rings. The molecule has 140 valence electrons.